The first-order chi connectivity index (χ1) is 13.7. The molecule has 0 atom stereocenters. The number of ether oxygens (including phenoxy) is 2. The van der Waals surface area contributed by atoms with Gasteiger partial charge in [-0.3, -0.25) is 9.48 Å². The molecule has 3 aromatic rings. The molecule has 0 amide bonds. The second kappa shape index (κ2) is 8.35. The first-order valence-electron chi connectivity index (χ1n) is 9.68. The second-order valence-corrected chi connectivity index (χ2v) is 7.93. The van der Waals surface area contributed by atoms with Crippen LogP contribution in [0.1, 0.15) is 43.5 Å². The van der Waals surface area contributed by atoms with E-state index in [2.05, 4.69) is 26.7 Å². The van der Waals surface area contributed by atoms with Gasteiger partial charge in [-0.25, -0.2) is 0 Å². The summed E-state index contributed by atoms with van der Waals surface area (Å²) in [4.78, 5) is 11.9. The fourth-order valence-corrected chi connectivity index (χ4v) is 3.87. The molecule has 1 aliphatic carbocycles. The number of esters is 1. The maximum absolute atomic E-state index is 11.9. The molecule has 1 aromatic heterocycles. The fraction of sp³-hybridized carbons (Fsp3) is 0.364. The summed E-state index contributed by atoms with van der Waals surface area (Å²) >= 11 is 3.56. The third-order valence-electron chi connectivity index (χ3n) is 5.16. The molecular formula is C22H23BrN2O3. The summed E-state index contributed by atoms with van der Waals surface area (Å²) in [6.07, 6.45) is 3.76. The van der Waals surface area contributed by atoms with Crippen molar-refractivity contribution in [3.05, 3.63) is 58.2 Å². The molecule has 0 aliphatic heterocycles. The number of hydrogen-bond acceptors (Lipinski definition) is 4. The van der Waals surface area contributed by atoms with Crippen molar-refractivity contribution in [1.82, 2.24) is 9.78 Å². The van der Waals surface area contributed by atoms with Gasteiger partial charge in [-0.2, -0.15) is 5.10 Å². The van der Waals surface area contributed by atoms with Crippen LogP contribution in [0.25, 0.3) is 10.9 Å². The number of hydrogen-bond donors (Lipinski definition) is 0. The number of carbonyl (C=O) groups excluding carboxylic acids is 1. The predicted octanol–water partition coefficient (Wildman–Crippen LogP) is 5.21. The normalized spacial score (nSPS) is 14.1. The molecule has 0 N–H and O–H groups in total. The molecule has 0 spiro atoms. The third-order valence-corrected chi connectivity index (χ3v) is 5.65. The van der Waals surface area contributed by atoms with Gasteiger partial charge in [0.25, 0.3) is 0 Å². The average molecular weight is 443 g/mol. The van der Waals surface area contributed by atoms with E-state index in [-0.39, 0.29) is 12.4 Å². The lowest BCUT2D eigenvalue weighted by Crippen LogP contribution is -2.21. The van der Waals surface area contributed by atoms with Crippen molar-refractivity contribution in [2.24, 2.45) is 0 Å². The lowest BCUT2D eigenvalue weighted by atomic mass is 9.93. The molecule has 1 fully saturated rings. The van der Waals surface area contributed by atoms with E-state index >= 15 is 0 Å². The molecule has 4 rings (SSSR count). The maximum Gasteiger partial charge on any atom is 0.310 e. The van der Waals surface area contributed by atoms with Gasteiger partial charge in [0.1, 0.15) is 12.4 Å². The SMILES string of the molecule is CCOC(=O)Cc1ccccc1OCc1c2cc(Br)ccc2nn1C1CCC1. The minimum absolute atomic E-state index is 0.207. The number of carbonyl (C=O) groups is 1. The van der Waals surface area contributed by atoms with E-state index in [9.17, 15) is 4.79 Å². The first-order valence-corrected chi connectivity index (χ1v) is 10.5. The van der Waals surface area contributed by atoms with Crippen LogP contribution < -0.4 is 4.74 Å². The Morgan fingerprint density at radius 1 is 1.25 bits per heavy atom. The zero-order valence-electron chi connectivity index (χ0n) is 15.9. The molecule has 2 aromatic carbocycles. The molecule has 146 valence electrons. The molecule has 1 heterocycles. The van der Waals surface area contributed by atoms with Gasteiger partial charge in [0.15, 0.2) is 0 Å². The van der Waals surface area contributed by atoms with Crippen LogP contribution in [0.5, 0.6) is 5.75 Å². The Morgan fingerprint density at radius 3 is 2.82 bits per heavy atom. The summed E-state index contributed by atoms with van der Waals surface area (Å²) in [7, 11) is 0. The van der Waals surface area contributed by atoms with E-state index in [4.69, 9.17) is 14.6 Å². The molecule has 0 saturated heterocycles. The Balaban J connectivity index is 1.61. The maximum atomic E-state index is 11.9. The van der Waals surface area contributed by atoms with Gasteiger partial charge in [0, 0.05) is 15.4 Å². The van der Waals surface area contributed by atoms with Crippen molar-refractivity contribution in [1.29, 1.82) is 0 Å². The number of aromatic nitrogens is 2. The Labute approximate surface area is 172 Å². The summed E-state index contributed by atoms with van der Waals surface area (Å²) in [6.45, 7) is 2.59. The molecular weight excluding hydrogens is 420 g/mol. The predicted molar refractivity (Wildman–Crippen MR) is 111 cm³/mol. The monoisotopic (exact) mass is 442 g/mol. The van der Waals surface area contributed by atoms with Crippen LogP contribution in [0.3, 0.4) is 0 Å². The molecule has 1 saturated carbocycles. The molecule has 0 radical (unpaired) electrons. The Morgan fingerprint density at radius 2 is 2.07 bits per heavy atom. The van der Waals surface area contributed by atoms with Crippen LogP contribution >= 0.6 is 15.9 Å². The summed E-state index contributed by atoms with van der Waals surface area (Å²) < 4.78 is 14.4. The highest BCUT2D eigenvalue weighted by Gasteiger charge is 2.25. The van der Waals surface area contributed by atoms with Crippen molar-refractivity contribution >= 4 is 32.8 Å². The third kappa shape index (κ3) is 3.92. The van der Waals surface area contributed by atoms with Gasteiger partial charge in [0.05, 0.1) is 30.3 Å². The van der Waals surface area contributed by atoms with Crippen LogP contribution in [-0.2, 0) is 22.6 Å². The highest BCUT2D eigenvalue weighted by atomic mass is 79.9. The van der Waals surface area contributed by atoms with Gasteiger partial charge in [-0.1, -0.05) is 34.1 Å². The van der Waals surface area contributed by atoms with Crippen molar-refractivity contribution in [3.8, 4) is 5.75 Å². The number of rotatable bonds is 7. The summed E-state index contributed by atoms with van der Waals surface area (Å²) in [6, 6.07) is 14.2. The van der Waals surface area contributed by atoms with Gasteiger partial charge in [0.2, 0.25) is 0 Å². The average Bonchev–Trinajstić information content (AvgIpc) is 2.97. The Bertz CT molecular complexity index is 995. The van der Waals surface area contributed by atoms with Crippen LogP contribution in [0.4, 0.5) is 0 Å². The zero-order chi connectivity index (χ0) is 19.5. The van der Waals surface area contributed by atoms with Crippen molar-refractivity contribution < 1.29 is 14.3 Å². The number of para-hydroxylation sites is 1. The van der Waals surface area contributed by atoms with Gasteiger partial charge >= 0.3 is 5.97 Å². The lowest BCUT2D eigenvalue weighted by molar-refractivity contribution is -0.142. The van der Waals surface area contributed by atoms with E-state index in [1.54, 1.807) is 0 Å². The van der Waals surface area contributed by atoms with Crippen LogP contribution in [0, 0.1) is 0 Å². The minimum Gasteiger partial charge on any atom is -0.487 e. The molecule has 28 heavy (non-hydrogen) atoms. The summed E-state index contributed by atoms with van der Waals surface area (Å²) in [5.41, 5.74) is 2.89. The van der Waals surface area contributed by atoms with E-state index in [0.29, 0.717) is 25.0 Å². The highest BCUT2D eigenvalue weighted by Crippen LogP contribution is 2.35. The highest BCUT2D eigenvalue weighted by molar-refractivity contribution is 9.10. The topological polar surface area (TPSA) is 53.4 Å². The van der Waals surface area contributed by atoms with Crippen molar-refractivity contribution in [2.45, 2.75) is 45.3 Å². The Kier molecular flexibility index (Phi) is 5.67. The smallest absolute Gasteiger partial charge is 0.310 e. The van der Waals surface area contributed by atoms with E-state index < -0.39 is 0 Å². The van der Waals surface area contributed by atoms with Crippen LogP contribution in [-0.4, -0.2) is 22.4 Å². The molecule has 0 bridgehead atoms. The first kappa shape index (κ1) is 19.0. The number of halogens is 1. The van der Waals surface area contributed by atoms with E-state index in [1.165, 1.54) is 6.42 Å². The number of nitrogens with zero attached hydrogens (tertiary/aromatic N) is 2. The quantitative estimate of drug-likeness (QED) is 0.471. The van der Waals surface area contributed by atoms with Gasteiger partial charge in [-0.15, -0.1) is 0 Å². The number of benzene rings is 2. The summed E-state index contributed by atoms with van der Waals surface area (Å²) in [5.74, 6) is 0.465. The minimum atomic E-state index is -0.243. The number of fused-ring (bicyclic) bond motifs is 1. The zero-order valence-corrected chi connectivity index (χ0v) is 17.4. The standard InChI is InChI=1S/C22H23BrN2O3/c1-2-27-22(26)12-15-6-3-4-9-21(15)28-14-20-18-13-16(23)10-11-19(18)24-25(20)17-7-5-8-17/h3-4,6,9-11,13,17H,2,5,7-8,12,14H2,1H3. The van der Waals surface area contributed by atoms with Crippen LogP contribution in [0.2, 0.25) is 0 Å². The van der Waals surface area contributed by atoms with Gasteiger partial charge in [-0.05, 0) is 50.5 Å². The van der Waals surface area contributed by atoms with E-state index in [1.807, 2.05) is 43.3 Å². The van der Waals surface area contributed by atoms with E-state index in [0.717, 1.165) is 39.5 Å². The molecule has 0 unspecified atom stereocenters. The molecule has 5 nitrogen and oxygen atoms in total. The second-order valence-electron chi connectivity index (χ2n) is 7.02. The lowest BCUT2D eigenvalue weighted by Gasteiger charge is -2.27. The van der Waals surface area contributed by atoms with Gasteiger partial charge < -0.3 is 9.47 Å². The largest absolute Gasteiger partial charge is 0.487 e. The summed E-state index contributed by atoms with van der Waals surface area (Å²) in [5, 5.41) is 5.93. The Hall–Kier alpha value is -2.34. The van der Waals surface area contributed by atoms with Crippen molar-refractivity contribution in [3.63, 3.8) is 0 Å². The van der Waals surface area contributed by atoms with Crippen molar-refractivity contribution in [2.75, 3.05) is 6.61 Å². The molecule has 6 heteroatoms. The van der Waals surface area contributed by atoms with Crippen LogP contribution in [0.15, 0.2) is 46.9 Å². The fourth-order valence-electron chi connectivity index (χ4n) is 3.51. The molecule has 1 aliphatic rings.